The first-order valence-corrected chi connectivity index (χ1v) is 8.05. The summed E-state index contributed by atoms with van der Waals surface area (Å²) in [5, 5.41) is 3.31. The average molecular weight is 306 g/mol. The number of amides is 1. The maximum atomic E-state index is 12.5. The van der Waals surface area contributed by atoms with Crippen molar-refractivity contribution in [2.24, 2.45) is 5.92 Å². The van der Waals surface area contributed by atoms with Crippen molar-refractivity contribution in [2.75, 3.05) is 6.54 Å². The zero-order chi connectivity index (χ0) is 15.5. The Balaban J connectivity index is 2.02. The van der Waals surface area contributed by atoms with Crippen molar-refractivity contribution in [1.82, 2.24) is 10.2 Å². The van der Waals surface area contributed by atoms with Gasteiger partial charge in [-0.15, -0.1) is 0 Å². The topological polar surface area (TPSA) is 32.3 Å². The first-order valence-electron chi connectivity index (χ1n) is 8.05. The van der Waals surface area contributed by atoms with Gasteiger partial charge < -0.3 is 4.90 Å². The van der Waals surface area contributed by atoms with E-state index in [9.17, 15) is 18.0 Å². The van der Waals surface area contributed by atoms with Gasteiger partial charge in [0.05, 0.1) is 18.6 Å². The molecule has 1 aliphatic carbocycles. The van der Waals surface area contributed by atoms with E-state index in [0.717, 1.165) is 44.9 Å². The van der Waals surface area contributed by atoms with Gasteiger partial charge in [0, 0.05) is 6.54 Å². The standard InChI is InChI=1S/C15H25F3N2O/c1-2-3-8-12-14(21)20(10-9-15(16,17)18)13(19-12)11-6-4-5-7-11/h11-13,19H,2-10H2,1H3. The normalized spacial score (nSPS) is 27.8. The third-order valence-electron chi connectivity index (χ3n) is 4.62. The van der Waals surface area contributed by atoms with Crippen molar-refractivity contribution in [1.29, 1.82) is 0 Å². The van der Waals surface area contributed by atoms with Crippen LogP contribution in [0.25, 0.3) is 0 Å². The SMILES string of the molecule is CCCCC1NC(C2CCCC2)N(CCC(F)(F)F)C1=O. The molecule has 0 spiro atoms. The van der Waals surface area contributed by atoms with Crippen LogP contribution in [0.4, 0.5) is 13.2 Å². The summed E-state index contributed by atoms with van der Waals surface area (Å²) in [5.41, 5.74) is 0. The molecule has 0 radical (unpaired) electrons. The van der Waals surface area contributed by atoms with Crippen LogP contribution in [-0.4, -0.2) is 35.7 Å². The van der Waals surface area contributed by atoms with E-state index >= 15 is 0 Å². The van der Waals surface area contributed by atoms with E-state index in [2.05, 4.69) is 12.2 Å². The Kier molecular flexibility index (Phi) is 5.52. The maximum absolute atomic E-state index is 12.5. The van der Waals surface area contributed by atoms with Crippen LogP contribution in [-0.2, 0) is 4.79 Å². The van der Waals surface area contributed by atoms with Gasteiger partial charge in [0.2, 0.25) is 5.91 Å². The lowest BCUT2D eigenvalue weighted by molar-refractivity contribution is -0.145. The van der Waals surface area contributed by atoms with E-state index in [1.807, 2.05) is 0 Å². The van der Waals surface area contributed by atoms with E-state index < -0.39 is 12.6 Å². The average Bonchev–Trinajstić information content (AvgIpc) is 3.01. The summed E-state index contributed by atoms with van der Waals surface area (Å²) in [6.45, 7) is 1.84. The molecule has 0 aromatic carbocycles. The summed E-state index contributed by atoms with van der Waals surface area (Å²) in [6.07, 6.45) is 1.57. The molecule has 6 heteroatoms. The Labute approximate surface area is 124 Å². The first kappa shape index (κ1) is 16.6. The Bertz CT molecular complexity index is 353. The van der Waals surface area contributed by atoms with Crippen molar-refractivity contribution in [3.05, 3.63) is 0 Å². The number of nitrogens with one attached hydrogen (secondary N) is 1. The zero-order valence-electron chi connectivity index (χ0n) is 12.6. The summed E-state index contributed by atoms with van der Waals surface area (Å²) in [6, 6.07) is -0.288. The monoisotopic (exact) mass is 306 g/mol. The fourth-order valence-electron chi connectivity index (χ4n) is 3.48. The van der Waals surface area contributed by atoms with Crippen LogP contribution < -0.4 is 5.32 Å². The van der Waals surface area contributed by atoms with E-state index in [-0.39, 0.29) is 24.7 Å². The van der Waals surface area contributed by atoms with Gasteiger partial charge in [-0.05, 0) is 25.2 Å². The molecule has 2 atom stereocenters. The highest BCUT2D eigenvalue weighted by atomic mass is 19.4. The molecule has 2 aliphatic rings. The van der Waals surface area contributed by atoms with E-state index in [4.69, 9.17) is 0 Å². The number of halogens is 3. The first-order chi connectivity index (χ1) is 9.92. The van der Waals surface area contributed by atoms with Crippen molar-refractivity contribution >= 4 is 5.91 Å². The van der Waals surface area contributed by atoms with Crippen molar-refractivity contribution in [2.45, 2.75) is 76.7 Å². The summed E-state index contributed by atoms with van der Waals surface area (Å²) < 4.78 is 37.4. The molecule has 1 saturated carbocycles. The lowest BCUT2D eigenvalue weighted by Gasteiger charge is -2.29. The van der Waals surface area contributed by atoms with Crippen molar-refractivity contribution in [3.63, 3.8) is 0 Å². The second-order valence-corrected chi connectivity index (χ2v) is 6.25. The molecule has 1 heterocycles. The highest BCUT2D eigenvalue weighted by Gasteiger charge is 2.43. The number of nitrogens with zero attached hydrogens (tertiary/aromatic N) is 1. The van der Waals surface area contributed by atoms with Gasteiger partial charge in [-0.3, -0.25) is 10.1 Å². The summed E-state index contributed by atoms with van der Waals surface area (Å²) in [5.74, 6) is 0.179. The second-order valence-electron chi connectivity index (χ2n) is 6.25. The molecular formula is C15H25F3N2O. The van der Waals surface area contributed by atoms with Crippen molar-refractivity contribution < 1.29 is 18.0 Å². The van der Waals surface area contributed by atoms with E-state index in [1.54, 1.807) is 0 Å². The minimum atomic E-state index is -4.21. The number of hydrogen-bond acceptors (Lipinski definition) is 2. The Hall–Kier alpha value is -0.780. The van der Waals surface area contributed by atoms with Crippen LogP contribution in [0.2, 0.25) is 0 Å². The quantitative estimate of drug-likeness (QED) is 0.815. The molecule has 1 N–H and O–H groups in total. The van der Waals surface area contributed by atoms with Gasteiger partial charge in [-0.1, -0.05) is 32.6 Å². The lowest BCUT2D eigenvalue weighted by atomic mass is 10.0. The molecule has 0 aromatic rings. The molecule has 0 aromatic heterocycles. The predicted molar refractivity (Wildman–Crippen MR) is 74.6 cm³/mol. The highest BCUT2D eigenvalue weighted by Crippen LogP contribution is 2.33. The smallest absolute Gasteiger partial charge is 0.325 e. The van der Waals surface area contributed by atoms with Crippen LogP contribution in [0.1, 0.15) is 58.3 Å². The van der Waals surface area contributed by atoms with Crippen molar-refractivity contribution in [3.8, 4) is 0 Å². The minimum absolute atomic E-state index is 0.135. The predicted octanol–water partition coefficient (Wildman–Crippen LogP) is 3.45. The molecule has 2 fully saturated rings. The number of rotatable bonds is 6. The second kappa shape index (κ2) is 6.99. The van der Waals surface area contributed by atoms with Crippen LogP contribution in [0, 0.1) is 5.92 Å². The molecule has 2 unspecified atom stereocenters. The Morgan fingerprint density at radius 1 is 1.29 bits per heavy atom. The summed E-state index contributed by atoms with van der Waals surface area (Å²) in [7, 11) is 0. The number of unbranched alkanes of at least 4 members (excludes halogenated alkanes) is 1. The molecule has 1 saturated heterocycles. The molecule has 1 amide bonds. The fourth-order valence-corrected chi connectivity index (χ4v) is 3.48. The molecule has 2 rings (SSSR count). The van der Waals surface area contributed by atoms with E-state index in [0.29, 0.717) is 5.92 Å². The van der Waals surface area contributed by atoms with Gasteiger partial charge in [0.25, 0.3) is 0 Å². The number of hydrogen-bond donors (Lipinski definition) is 1. The number of alkyl halides is 3. The molecule has 122 valence electrons. The minimum Gasteiger partial charge on any atom is -0.325 e. The third kappa shape index (κ3) is 4.34. The molecule has 21 heavy (non-hydrogen) atoms. The number of carbonyl (C=O) groups is 1. The van der Waals surface area contributed by atoms with Crippen LogP contribution >= 0.6 is 0 Å². The molecule has 1 aliphatic heterocycles. The lowest BCUT2D eigenvalue weighted by Crippen LogP contribution is -2.43. The Morgan fingerprint density at radius 2 is 1.95 bits per heavy atom. The number of carbonyl (C=O) groups excluding carboxylic acids is 1. The molecule has 3 nitrogen and oxygen atoms in total. The van der Waals surface area contributed by atoms with Crippen LogP contribution in [0.5, 0.6) is 0 Å². The van der Waals surface area contributed by atoms with Gasteiger partial charge >= 0.3 is 6.18 Å². The van der Waals surface area contributed by atoms with Crippen LogP contribution in [0.15, 0.2) is 0 Å². The summed E-state index contributed by atoms with van der Waals surface area (Å²) >= 11 is 0. The van der Waals surface area contributed by atoms with E-state index in [1.165, 1.54) is 4.90 Å². The van der Waals surface area contributed by atoms with Gasteiger partial charge in [0.1, 0.15) is 0 Å². The fraction of sp³-hybridized carbons (Fsp3) is 0.933. The van der Waals surface area contributed by atoms with Gasteiger partial charge in [-0.2, -0.15) is 13.2 Å². The summed E-state index contributed by atoms with van der Waals surface area (Å²) in [4.78, 5) is 13.9. The third-order valence-corrected chi connectivity index (χ3v) is 4.62. The molecule has 0 bridgehead atoms. The highest BCUT2D eigenvalue weighted by molar-refractivity contribution is 5.84. The Morgan fingerprint density at radius 3 is 2.52 bits per heavy atom. The largest absolute Gasteiger partial charge is 0.390 e. The van der Waals surface area contributed by atoms with Crippen LogP contribution in [0.3, 0.4) is 0 Å². The maximum Gasteiger partial charge on any atom is 0.390 e. The van der Waals surface area contributed by atoms with Gasteiger partial charge in [-0.25, -0.2) is 0 Å². The van der Waals surface area contributed by atoms with Gasteiger partial charge in [0.15, 0.2) is 0 Å². The molecular weight excluding hydrogens is 281 g/mol. The zero-order valence-corrected chi connectivity index (χ0v) is 12.6.